The Balaban J connectivity index is 2.03. The Morgan fingerprint density at radius 2 is 2.12 bits per heavy atom. The first-order valence-electron chi connectivity index (χ1n) is 6.40. The second-order valence-electron chi connectivity index (χ2n) is 4.62. The SMILES string of the molecule is C#CCCCCNC(=O)CN1CCC(N)CC1. The van der Waals surface area contributed by atoms with Crippen LogP contribution in [0.15, 0.2) is 0 Å². The van der Waals surface area contributed by atoms with Crippen LogP contribution < -0.4 is 11.1 Å². The van der Waals surface area contributed by atoms with E-state index in [9.17, 15) is 4.79 Å². The molecule has 1 aliphatic heterocycles. The maximum absolute atomic E-state index is 11.6. The van der Waals surface area contributed by atoms with E-state index in [-0.39, 0.29) is 5.91 Å². The number of rotatable bonds is 6. The molecule has 0 saturated carbocycles. The van der Waals surface area contributed by atoms with E-state index in [1.807, 2.05) is 0 Å². The zero-order valence-corrected chi connectivity index (χ0v) is 10.5. The van der Waals surface area contributed by atoms with E-state index in [0.29, 0.717) is 12.6 Å². The Morgan fingerprint density at radius 1 is 1.41 bits per heavy atom. The number of piperidine rings is 1. The molecule has 0 aromatic carbocycles. The van der Waals surface area contributed by atoms with Gasteiger partial charge >= 0.3 is 0 Å². The minimum atomic E-state index is 0.112. The standard InChI is InChI=1S/C13H23N3O/c1-2-3-4-5-8-15-13(17)11-16-9-6-12(14)7-10-16/h1,12H,3-11,14H2,(H,15,17). The number of amides is 1. The first-order valence-corrected chi connectivity index (χ1v) is 6.40. The van der Waals surface area contributed by atoms with Gasteiger partial charge in [0.2, 0.25) is 5.91 Å². The molecule has 1 fully saturated rings. The van der Waals surface area contributed by atoms with Gasteiger partial charge in [-0.1, -0.05) is 0 Å². The van der Waals surface area contributed by atoms with Crippen molar-refractivity contribution in [3.05, 3.63) is 0 Å². The molecule has 0 atom stereocenters. The zero-order valence-electron chi connectivity index (χ0n) is 10.5. The lowest BCUT2D eigenvalue weighted by atomic mass is 10.1. The average Bonchev–Trinajstić information content (AvgIpc) is 2.32. The highest BCUT2D eigenvalue weighted by Gasteiger charge is 2.17. The smallest absolute Gasteiger partial charge is 0.234 e. The van der Waals surface area contributed by atoms with Crippen molar-refractivity contribution in [1.29, 1.82) is 0 Å². The van der Waals surface area contributed by atoms with Crippen molar-refractivity contribution >= 4 is 5.91 Å². The molecule has 1 aliphatic rings. The van der Waals surface area contributed by atoms with E-state index in [2.05, 4.69) is 16.1 Å². The van der Waals surface area contributed by atoms with Gasteiger partial charge in [-0.2, -0.15) is 0 Å². The predicted octanol–water partition coefficient (Wildman–Crippen LogP) is 0.329. The van der Waals surface area contributed by atoms with Crippen LogP contribution in [0.3, 0.4) is 0 Å². The van der Waals surface area contributed by atoms with Gasteiger partial charge in [0.15, 0.2) is 0 Å². The van der Waals surface area contributed by atoms with E-state index in [4.69, 9.17) is 12.2 Å². The molecule has 3 N–H and O–H groups in total. The van der Waals surface area contributed by atoms with Crippen LogP contribution in [0.4, 0.5) is 0 Å². The molecule has 0 unspecified atom stereocenters. The fourth-order valence-electron chi connectivity index (χ4n) is 1.95. The van der Waals surface area contributed by atoms with Crippen molar-refractivity contribution in [3.63, 3.8) is 0 Å². The minimum Gasteiger partial charge on any atom is -0.355 e. The number of nitrogens with two attached hydrogens (primary N) is 1. The van der Waals surface area contributed by atoms with Gasteiger partial charge in [0.05, 0.1) is 6.54 Å². The van der Waals surface area contributed by atoms with Crippen molar-refractivity contribution in [2.24, 2.45) is 5.73 Å². The Hall–Kier alpha value is -1.05. The van der Waals surface area contributed by atoms with Crippen LogP contribution in [0.2, 0.25) is 0 Å². The molecule has 4 heteroatoms. The number of hydrogen-bond acceptors (Lipinski definition) is 3. The van der Waals surface area contributed by atoms with Gasteiger partial charge in [-0.3, -0.25) is 9.69 Å². The lowest BCUT2D eigenvalue weighted by molar-refractivity contribution is -0.122. The number of hydrogen-bond donors (Lipinski definition) is 2. The van der Waals surface area contributed by atoms with Crippen LogP contribution in [-0.2, 0) is 4.79 Å². The third kappa shape index (κ3) is 6.30. The van der Waals surface area contributed by atoms with Crippen molar-refractivity contribution in [2.75, 3.05) is 26.2 Å². The quantitative estimate of drug-likeness (QED) is 0.517. The summed E-state index contributed by atoms with van der Waals surface area (Å²) in [5, 5.41) is 2.92. The highest BCUT2D eigenvalue weighted by Crippen LogP contribution is 2.07. The summed E-state index contributed by atoms with van der Waals surface area (Å²) in [6, 6.07) is 0.318. The molecule has 1 heterocycles. The summed E-state index contributed by atoms with van der Waals surface area (Å²) in [5.41, 5.74) is 5.81. The minimum absolute atomic E-state index is 0.112. The first-order chi connectivity index (χ1) is 8.22. The van der Waals surface area contributed by atoms with Crippen LogP contribution in [0.5, 0.6) is 0 Å². The Labute approximate surface area is 104 Å². The number of nitrogens with one attached hydrogen (secondary N) is 1. The lowest BCUT2D eigenvalue weighted by Crippen LogP contribution is -2.44. The van der Waals surface area contributed by atoms with Crippen molar-refractivity contribution in [3.8, 4) is 12.3 Å². The van der Waals surface area contributed by atoms with Gasteiger partial charge in [0.25, 0.3) is 0 Å². The summed E-state index contributed by atoms with van der Waals surface area (Å²) in [6.07, 6.45) is 9.87. The van der Waals surface area contributed by atoms with Gasteiger partial charge in [-0.25, -0.2) is 0 Å². The highest BCUT2D eigenvalue weighted by molar-refractivity contribution is 5.77. The molecule has 0 aromatic rings. The lowest BCUT2D eigenvalue weighted by Gasteiger charge is -2.29. The molecule has 1 amide bonds. The Morgan fingerprint density at radius 3 is 2.76 bits per heavy atom. The van der Waals surface area contributed by atoms with Gasteiger partial charge in [0.1, 0.15) is 0 Å². The average molecular weight is 237 g/mol. The third-order valence-corrected chi connectivity index (χ3v) is 3.07. The summed E-state index contributed by atoms with van der Waals surface area (Å²) in [5.74, 6) is 2.71. The summed E-state index contributed by atoms with van der Waals surface area (Å²) < 4.78 is 0. The van der Waals surface area contributed by atoms with E-state index in [1.54, 1.807) is 0 Å². The molecule has 96 valence electrons. The van der Waals surface area contributed by atoms with Crippen molar-refractivity contribution in [1.82, 2.24) is 10.2 Å². The largest absolute Gasteiger partial charge is 0.355 e. The molecule has 1 rings (SSSR count). The molecule has 0 spiro atoms. The second-order valence-corrected chi connectivity index (χ2v) is 4.62. The fraction of sp³-hybridized carbons (Fsp3) is 0.769. The molecule has 0 bridgehead atoms. The summed E-state index contributed by atoms with van der Waals surface area (Å²) in [6.45, 7) is 3.10. The van der Waals surface area contributed by atoms with Crippen LogP contribution in [0.25, 0.3) is 0 Å². The zero-order chi connectivity index (χ0) is 12.5. The molecule has 0 aromatic heterocycles. The first kappa shape index (κ1) is 14.0. The molecular formula is C13H23N3O. The third-order valence-electron chi connectivity index (χ3n) is 3.07. The topological polar surface area (TPSA) is 58.4 Å². The van der Waals surface area contributed by atoms with Crippen LogP contribution >= 0.6 is 0 Å². The molecule has 1 saturated heterocycles. The summed E-state index contributed by atoms with van der Waals surface area (Å²) in [7, 11) is 0. The highest BCUT2D eigenvalue weighted by atomic mass is 16.2. The van der Waals surface area contributed by atoms with Gasteiger partial charge < -0.3 is 11.1 Å². The number of carbonyl (C=O) groups is 1. The number of likely N-dealkylation sites (tertiary alicyclic amines) is 1. The fourth-order valence-corrected chi connectivity index (χ4v) is 1.95. The number of carbonyl (C=O) groups excluding carboxylic acids is 1. The predicted molar refractivity (Wildman–Crippen MR) is 69.3 cm³/mol. The van der Waals surface area contributed by atoms with E-state index in [1.165, 1.54) is 0 Å². The van der Waals surface area contributed by atoms with E-state index >= 15 is 0 Å². The van der Waals surface area contributed by atoms with Gasteiger partial charge in [-0.05, 0) is 25.7 Å². The number of nitrogens with zero attached hydrogens (tertiary/aromatic N) is 1. The maximum Gasteiger partial charge on any atom is 0.234 e. The number of terminal acetylenes is 1. The summed E-state index contributed by atoms with van der Waals surface area (Å²) in [4.78, 5) is 13.8. The monoisotopic (exact) mass is 237 g/mol. The molecule has 0 aliphatic carbocycles. The van der Waals surface area contributed by atoms with Crippen molar-refractivity contribution in [2.45, 2.75) is 38.1 Å². The maximum atomic E-state index is 11.6. The van der Waals surface area contributed by atoms with Crippen LogP contribution in [0, 0.1) is 12.3 Å². The van der Waals surface area contributed by atoms with Crippen LogP contribution in [-0.4, -0.2) is 43.0 Å². The van der Waals surface area contributed by atoms with Gasteiger partial charge in [-0.15, -0.1) is 12.3 Å². The summed E-state index contributed by atoms with van der Waals surface area (Å²) >= 11 is 0. The normalized spacial score (nSPS) is 17.6. The Kier molecular flexibility index (Phi) is 6.68. The van der Waals surface area contributed by atoms with E-state index < -0.39 is 0 Å². The van der Waals surface area contributed by atoms with Crippen molar-refractivity contribution < 1.29 is 4.79 Å². The molecule has 17 heavy (non-hydrogen) atoms. The Bertz CT molecular complexity index is 264. The number of unbranched alkanes of at least 4 members (excludes halogenated alkanes) is 2. The molecule has 0 radical (unpaired) electrons. The van der Waals surface area contributed by atoms with Crippen LogP contribution in [0.1, 0.15) is 32.1 Å². The van der Waals surface area contributed by atoms with Gasteiger partial charge in [0, 0.05) is 32.1 Å². The molecule has 4 nitrogen and oxygen atoms in total. The van der Waals surface area contributed by atoms with E-state index in [0.717, 1.165) is 51.7 Å². The molecular weight excluding hydrogens is 214 g/mol. The second kappa shape index (κ2) is 8.10.